The zero-order valence-electron chi connectivity index (χ0n) is 14.3. The van der Waals surface area contributed by atoms with Crippen molar-refractivity contribution >= 4 is 11.9 Å². The van der Waals surface area contributed by atoms with E-state index < -0.39 is 17.9 Å². The Balaban J connectivity index is 3.05. The quantitative estimate of drug-likeness (QED) is 0.653. The summed E-state index contributed by atoms with van der Waals surface area (Å²) < 4.78 is 15.9. The van der Waals surface area contributed by atoms with Gasteiger partial charge in [0, 0.05) is 5.56 Å². The van der Waals surface area contributed by atoms with Gasteiger partial charge in [0.15, 0.2) is 0 Å². The molecule has 0 amide bonds. The van der Waals surface area contributed by atoms with E-state index in [2.05, 4.69) is 0 Å². The largest absolute Gasteiger partial charge is 0.493 e. The number of hydrogen-bond acceptors (Lipinski definition) is 5. The molecule has 1 unspecified atom stereocenters. The maximum Gasteiger partial charge on any atom is 0.314 e. The summed E-state index contributed by atoms with van der Waals surface area (Å²) in [7, 11) is 0. The molecule has 0 spiro atoms. The summed E-state index contributed by atoms with van der Waals surface area (Å²) in [4.78, 5) is 24.1. The smallest absolute Gasteiger partial charge is 0.314 e. The van der Waals surface area contributed by atoms with Crippen LogP contribution in [0, 0.1) is 5.92 Å². The van der Waals surface area contributed by atoms with Crippen LogP contribution in [0.25, 0.3) is 0 Å². The standard InChI is InChI=1S/C18H26O5/c1-5-21-17(19)11-15(18(20)22-6-2)14-9-7-8-10-16(14)23-12-13(3)4/h7-10,13,15H,5-6,11-12H2,1-4H3. The fraction of sp³-hybridized carbons (Fsp3) is 0.556. The van der Waals surface area contributed by atoms with E-state index in [4.69, 9.17) is 14.2 Å². The van der Waals surface area contributed by atoms with Crippen molar-refractivity contribution in [1.29, 1.82) is 0 Å². The lowest BCUT2D eigenvalue weighted by Crippen LogP contribution is -2.21. The second-order valence-corrected chi connectivity index (χ2v) is 5.56. The fourth-order valence-electron chi connectivity index (χ4n) is 2.11. The number of ether oxygens (including phenoxy) is 3. The average molecular weight is 322 g/mol. The number of carbonyl (C=O) groups is 2. The molecule has 0 aliphatic carbocycles. The van der Waals surface area contributed by atoms with Crippen LogP contribution in [-0.4, -0.2) is 31.8 Å². The Kier molecular flexibility index (Phi) is 8.16. The van der Waals surface area contributed by atoms with Crippen LogP contribution >= 0.6 is 0 Å². The van der Waals surface area contributed by atoms with E-state index in [0.717, 1.165) is 0 Å². The van der Waals surface area contributed by atoms with Gasteiger partial charge in [0.2, 0.25) is 0 Å². The Bertz CT molecular complexity index is 510. The van der Waals surface area contributed by atoms with Crippen LogP contribution < -0.4 is 4.74 Å². The summed E-state index contributed by atoms with van der Waals surface area (Å²) >= 11 is 0. The van der Waals surface area contributed by atoms with Crippen LogP contribution in [0.5, 0.6) is 5.75 Å². The Morgan fingerprint density at radius 2 is 1.70 bits per heavy atom. The topological polar surface area (TPSA) is 61.8 Å². The SMILES string of the molecule is CCOC(=O)CC(C(=O)OCC)c1ccccc1OCC(C)C. The van der Waals surface area contributed by atoms with E-state index in [9.17, 15) is 9.59 Å². The zero-order valence-corrected chi connectivity index (χ0v) is 14.3. The van der Waals surface area contributed by atoms with Crippen LogP contribution in [0.1, 0.15) is 45.6 Å². The van der Waals surface area contributed by atoms with Gasteiger partial charge in [-0.25, -0.2) is 0 Å². The van der Waals surface area contributed by atoms with E-state index in [-0.39, 0.29) is 19.6 Å². The summed E-state index contributed by atoms with van der Waals surface area (Å²) in [5.41, 5.74) is 0.652. The van der Waals surface area contributed by atoms with E-state index >= 15 is 0 Å². The Morgan fingerprint density at radius 3 is 2.30 bits per heavy atom. The summed E-state index contributed by atoms with van der Waals surface area (Å²) in [5, 5.41) is 0. The monoisotopic (exact) mass is 322 g/mol. The van der Waals surface area contributed by atoms with Crippen molar-refractivity contribution < 1.29 is 23.8 Å². The molecular weight excluding hydrogens is 296 g/mol. The third-order valence-electron chi connectivity index (χ3n) is 3.11. The van der Waals surface area contributed by atoms with Gasteiger partial charge in [-0.3, -0.25) is 9.59 Å². The van der Waals surface area contributed by atoms with E-state index in [1.807, 2.05) is 26.0 Å². The molecule has 1 aromatic carbocycles. The summed E-state index contributed by atoms with van der Waals surface area (Å²) in [6.07, 6.45) is -0.0608. The molecule has 0 aliphatic heterocycles. The molecule has 0 aliphatic rings. The molecule has 1 rings (SSSR count). The molecule has 1 aromatic rings. The molecule has 1 atom stereocenters. The number of rotatable bonds is 9. The lowest BCUT2D eigenvalue weighted by molar-refractivity contribution is -0.151. The number of benzene rings is 1. The molecule has 0 bridgehead atoms. The molecule has 0 N–H and O–H groups in total. The van der Waals surface area contributed by atoms with Gasteiger partial charge in [0.05, 0.1) is 32.2 Å². The third kappa shape index (κ3) is 6.30. The zero-order chi connectivity index (χ0) is 17.2. The molecule has 23 heavy (non-hydrogen) atoms. The van der Waals surface area contributed by atoms with Gasteiger partial charge < -0.3 is 14.2 Å². The summed E-state index contributed by atoms with van der Waals surface area (Å²) in [6.45, 7) is 8.63. The van der Waals surface area contributed by atoms with Gasteiger partial charge in [0.1, 0.15) is 5.75 Å². The van der Waals surface area contributed by atoms with Gasteiger partial charge in [0.25, 0.3) is 0 Å². The van der Waals surface area contributed by atoms with Crippen LogP contribution in [0.2, 0.25) is 0 Å². The molecular formula is C18H26O5. The molecule has 0 heterocycles. The highest BCUT2D eigenvalue weighted by molar-refractivity contribution is 5.85. The predicted octanol–water partition coefficient (Wildman–Crippen LogP) is 3.32. The van der Waals surface area contributed by atoms with Crippen molar-refractivity contribution in [1.82, 2.24) is 0 Å². The molecule has 128 valence electrons. The number of para-hydroxylation sites is 1. The van der Waals surface area contributed by atoms with Crippen molar-refractivity contribution in [2.24, 2.45) is 5.92 Å². The van der Waals surface area contributed by atoms with Gasteiger partial charge in [-0.2, -0.15) is 0 Å². The van der Waals surface area contributed by atoms with Gasteiger partial charge in [-0.05, 0) is 25.8 Å². The molecule has 5 nitrogen and oxygen atoms in total. The lowest BCUT2D eigenvalue weighted by Gasteiger charge is -2.19. The minimum atomic E-state index is -0.725. The Labute approximate surface area is 137 Å². The summed E-state index contributed by atoms with van der Waals surface area (Å²) in [5.74, 6) is -0.638. The van der Waals surface area contributed by atoms with Gasteiger partial charge >= 0.3 is 11.9 Å². The van der Waals surface area contributed by atoms with Gasteiger partial charge in [-0.1, -0.05) is 32.0 Å². The Hall–Kier alpha value is -2.04. The van der Waals surface area contributed by atoms with Crippen LogP contribution in [0.3, 0.4) is 0 Å². The highest BCUT2D eigenvalue weighted by Crippen LogP contribution is 2.31. The first-order valence-electron chi connectivity index (χ1n) is 8.03. The van der Waals surface area contributed by atoms with E-state index in [1.165, 1.54) is 0 Å². The normalized spacial score (nSPS) is 11.9. The fourth-order valence-corrected chi connectivity index (χ4v) is 2.11. The highest BCUT2D eigenvalue weighted by atomic mass is 16.5. The summed E-state index contributed by atoms with van der Waals surface area (Å²) in [6, 6.07) is 7.24. The van der Waals surface area contributed by atoms with E-state index in [1.54, 1.807) is 26.0 Å². The lowest BCUT2D eigenvalue weighted by atomic mass is 9.95. The molecule has 0 aromatic heterocycles. The average Bonchev–Trinajstić information content (AvgIpc) is 2.51. The third-order valence-corrected chi connectivity index (χ3v) is 3.11. The minimum Gasteiger partial charge on any atom is -0.493 e. The van der Waals surface area contributed by atoms with Crippen molar-refractivity contribution in [3.63, 3.8) is 0 Å². The van der Waals surface area contributed by atoms with Crippen LogP contribution in [0.15, 0.2) is 24.3 Å². The molecule has 0 radical (unpaired) electrons. The van der Waals surface area contributed by atoms with E-state index in [0.29, 0.717) is 23.8 Å². The first-order valence-corrected chi connectivity index (χ1v) is 8.03. The van der Waals surface area contributed by atoms with Gasteiger partial charge in [-0.15, -0.1) is 0 Å². The van der Waals surface area contributed by atoms with Crippen LogP contribution in [0.4, 0.5) is 0 Å². The number of hydrogen-bond donors (Lipinski definition) is 0. The second kappa shape index (κ2) is 9.87. The van der Waals surface area contributed by atoms with Crippen molar-refractivity contribution in [2.45, 2.75) is 40.0 Å². The first kappa shape index (κ1) is 19.0. The van der Waals surface area contributed by atoms with Crippen molar-refractivity contribution in [3.05, 3.63) is 29.8 Å². The highest BCUT2D eigenvalue weighted by Gasteiger charge is 2.28. The second-order valence-electron chi connectivity index (χ2n) is 5.56. The first-order chi connectivity index (χ1) is 11.0. The predicted molar refractivity (Wildman–Crippen MR) is 87.4 cm³/mol. The van der Waals surface area contributed by atoms with Crippen molar-refractivity contribution in [3.8, 4) is 5.75 Å². The number of carbonyl (C=O) groups excluding carboxylic acids is 2. The molecule has 0 saturated heterocycles. The maximum absolute atomic E-state index is 12.3. The number of esters is 2. The minimum absolute atomic E-state index is 0.0608. The molecule has 5 heteroatoms. The van der Waals surface area contributed by atoms with Crippen LogP contribution in [-0.2, 0) is 19.1 Å². The Morgan fingerprint density at radius 1 is 1.04 bits per heavy atom. The van der Waals surface area contributed by atoms with Crippen molar-refractivity contribution in [2.75, 3.05) is 19.8 Å². The molecule has 0 fully saturated rings. The molecule has 0 saturated carbocycles. The maximum atomic E-state index is 12.3.